The maximum absolute atomic E-state index is 14.4. The lowest BCUT2D eigenvalue weighted by molar-refractivity contribution is 0.0719. The van der Waals surface area contributed by atoms with Gasteiger partial charge in [0, 0.05) is 36.6 Å². The summed E-state index contributed by atoms with van der Waals surface area (Å²) in [5, 5.41) is 0.370. The predicted octanol–water partition coefficient (Wildman–Crippen LogP) is 7.58. The molecule has 0 bridgehead atoms. The molecule has 1 aliphatic carbocycles. The lowest BCUT2D eigenvalue weighted by Crippen LogP contribution is -2.36. The van der Waals surface area contributed by atoms with Crippen LogP contribution in [0.2, 0.25) is 5.02 Å². The van der Waals surface area contributed by atoms with Crippen LogP contribution in [-0.2, 0) is 0 Å². The number of halogens is 2. The number of aliphatic imine (C=N–C) groups is 1. The molecule has 8 heteroatoms. The van der Waals surface area contributed by atoms with Gasteiger partial charge in [0.2, 0.25) is 0 Å². The van der Waals surface area contributed by atoms with Gasteiger partial charge in [0.05, 0.1) is 35.3 Å². The van der Waals surface area contributed by atoms with E-state index in [2.05, 4.69) is 22.1 Å². The zero-order valence-electron chi connectivity index (χ0n) is 22.0. The van der Waals surface area contributed by atoms with Crippen molar-refractivity contribution in [2.45, 2.75) is 38.1 Å². The van der Waals surface area contributed by atoms with Gasteiger partial charge >= 0.3 is 0 Å². The van der Waals surface area contributed by atoms with Crippen molar-refractivity contribution in [2.75, 3.05) is 14.2 Å². The Morgan fingerprint density at radius 3 is 2.69 bits per heavy atom. The number of hydrogen-bond donors (Lipinski definition) is 0. The first-order chi connectivity index (χ1) is 19.0. The zero-order valence-corrected chi connectivity index (χ0v) is 22.7. The van der Waals surface area contributed by atoms with Crippen molar-refractivity contribution in [2.24, 2.45) is 4.99 Å². The minimum atomic E-state index is -0.434. The number of imidazole rings is 1. The van der Waals surface area contributed by atoms with E-state index in [1.54, 1.807) is 42.7 Å². The fourth-order valence-corrected chi connectivity index (χ4v) is 5.19. The molecule has 0 spiro atoms. The second kappa shape index (κ2) is 11.8. The minimum absolute atomic E-state index is 0.0792. The number of amides is 1. The molecule has 0 atom stereocenters. The third kappa shape index (κ3) is 5.73. The molecule has 0 N–H and O–H groups in total. The van der Waals surface area contributed by atoms with Crippen LogP contribution < -0.4 is 4.74 Å². The summed E-state index contributed by atoms with van der Waals surface area (Å²) >= 11 is 6.56. The van der Waals surface area contributed by atoms with Gasteiger partial charge in [-0.3, -0.25) is 14.4 Å². The van der Waals surface area contributed by atoms with E-state index >= 15 is 0 Å². The maximum Gasteiger partial charge on any atom is 0.255 e. The summed E-state index contributed by atoms with van der Waals surface area (Å²) in [6.45, 7) is 0. The normalized spacial score (nSPS) is 15.5. The fourth-order valence-electron chi connectivity index (χ4n) is 4.93. The van der Waals surface area contributed by atoms with Crippen LogP contribution in [0.25, 0.3) is 23.0 Å². The van der Waals surface area contributed by atoms with Gasteiger partial charge in [-0.05, 0) is 68.5 Å². The highest BCUT2D eigenvalue weighted by Gasteiger charge is 2.23. The predicted molar refractivity (Wildman–Crippen MR) is 155 cm³/mol. The number of methoxy groups -OCH3 is 1. The standard InChI is InChI=1S/C31H30ClFN4O2/c1-36(24-10-5-3-4-6-11-24)31(38)25-14-13-23(18-26(25)32)34-19-22-9-7-8-16-37-28(20-35-30(22)37)21-12-15-29(39-2)27(33)17-21/h3-4,8-9,12-20,24H,5-7,10-11H2,1-2H3. The number of fused-ring (bicyclic) bond motifs is 1. The van der Waals surface area contributed by atoms with Gasteiger partial charge in [-0.1, -0.05) is 35.9 Å². The van der Waals surface area contributed by atoms with Crippen molar-refractivity contribution in [1.29, 1.82) is 0 Å². The molecule has 1 aliphatic heterocycles. The molecule has 39 heavy (non-hydrogen) atoms. The van der Waals surface area contributed by atoms with Crippen LogP contribution in [0.15, 0.2) is 71.9 Å². The Bertz CT molecular complexity index is 1490. The number of aromatic nitrogens is 2. The van der Waals surface area contributed by atoms with E-state index < -0.39 is 5.82 Å². The van der Waals surface area contributed by atoms with Crippen LogP contribution in [-0.4, -0.2) is 46.8 Å². The van der Waals surface area contributed by atoms with Gasteiger partial charge < -0.3 is 9.64 Å². The maximum atomic E-state index is 14.4. The van der Waals surface area contributed by atoms with Crippen LogP contribution in [0.1, 0.15) is 48.3 Å². The summed E-state index contributed by atoms with van der Waals surface area (Å²) in [6.07, 6.45) is 18.3. The van der Waals surface area contributed by atoms with Crippen LogP contribution in [0.5, 0.6) is 5.75 Å². The fraction of sp³-hybridized carbons (Fsp3) is 0.258. The number of allylic oxidation sites excluding steroid dienone is 5. The summed E-state index contributed by atoms with van der Waals surface area (Å²) in [7, 11) is 3.29. The molecular formula is C31H30ClFN4O2. The summed E-state index contributed by atoms with van der Waals surface area (Å²) in [5.74, 6) is 0.370. The second-order valence-electron chi connectivity index (χ2n) is 9.58. The molecule has 2 aromatic carbocycles. The molecule has 0 fully saturated rings. The number of benzene rings is 2. The van der Waals surface area contributed by atoms with Crippen LogP contribution >= 0.6 is 11.6 Å². The van der Waals surface area contributed by atoms with Crippen molar-refractivity contribution in [3.05, 3.63) is 89.1 Å². The molecule has 0 radical (unpaired) electrons. The molecule has 5 rings (SSSR count). The molecular weight excluding hydrogens is 515 g/mol. The summed E-state index contributed by atoms with van der Waals surface area (Å²) in [6, 6.07) is 10.3. The number of carbonyl (C=O) groups is 1. The molecule has 1 amide bonds. The molecule has 0 saturated heterocycles. The van der Waals surface area contributed by atoms with E-state index in [4.69, 9.17) is 16.3 Å². The van der Waals surface area contributed by atoms with Gasteiger partial charge in [0.1, 0.15) is 5.82 Å². The van der Waals surface area contributed by atoms with Crippen molar-refractivity contribution in [1.82, 2.24) is 14.5 Å². The second-order valence-corrected chi connectivity index (χ2v) is 9.99. The van der Waals surface area contributed by atoms with E-state index in [0.717, 1.165) is 37.0 Å². The third-order valence-electron chi connectivity index (χ3n) is 7.13. The van der Waals surface area contributed by atoms with Crippen LogP contribution in [0.4, 0.5) is 10.1 Å². The van der Waals surface area contributed by atoms with Crippen molar-refractivity contribution < 1.29 is 13.9 Å². The number of carbonyl (C=O) groups excluding carboxylic acids is 1. The van der Waals surface area contributed by atoms with Gasteiger partial charge in [-0.2, -0.15) is 0 Å². The SMILES string of the molecule is COc1ccc(-c2cnc3n2C=CCC=C3C=Nc2ccc(C(=O)N(C)C3CCC=CCC3)c(Cl)c2)cc1F. The average molecular weight is 545 g/mol. The van der Waals surface area contributed by atoms with Crippen molar-refractivity contribution >= 4 is 41.2 Å². The van der Waals surface area contributed by atoms with E-state index in [9.17, 15) is 9.18 Å². The van der Waals surface area contributed by atoms with E-state index in [0.29, 0.717) is 34.1 Å². The van der Waals surface area contributed by atoms with E-state index in [1.165, 1.54) is 13.2 Å². The first-order valence-electron chi connectivity index (χ1n) is 13.0. The monoisotopic (exact) mass is 544 g/mol. The molecule has 6 nitrogen and oxygen atoms in total. The molecule has 2 aliphatic rings. The van der Waals surface area contributed by atoms with Gasteiger partial charge in [-0.15, -0.1) is 0 Å². The lowest BCUT2D eigenvalue weighted by Gasteiger charge is -2.27. The summed E-state index contributed by atoms with van der Waals surface area (Å²) in [5.41, 5.74) is 3.36. The highest BCUT2D eigenvalue weighted by atomic mass is 35.5. The number of ether oxygens (including phenoxy) is 1. The third-order valence-corrected chi connectivity index (χ3v) is 7.45. The lowest BCUT2D eigenvalue weighted by atomic mass is 10.1. The molecule has 3 aromatic rings. The quantitative estimate of drug-likeness (QED) is 0.237. The van der Waals surface area contributed by atoms with E-state index in [-0.39, 0.29) is 17.7 Å². The topological polar surface area (TPSA) is 59.7 Å². The molecule has 0 unspecified atom stereocenters. The molecule has 200 valence electrons. The van der Waals surface area contributed by atoms with E-state index in [1.807, 2.05) is 34.9 Å². The molecule has 0 saturated carbocycles. The Kier molecular flexibility index (Phi) is 8.07. The van der Waals surface area contributed by atoms with Gasteiger partial charge in [0.15, 0.2) is 11.6 Å². The Morgan fingerprint density at radius 2 is 1.97 bits per heavy atom. The van der Waals surface area contributed by atoms with Crippen molar-refractivity contribution in [3.63, 3.8) is 0 Å². The van der Waals surface area contributed by atoms with Crippen LogP contribution in [0, 0.1) is 5.82 Å². The summed E-state index contributed by atoms with van der Waals surface area (Å²) in [4.78, 5) is 24.2. The Labute approximate surface area is 232 Å². The summed E-state index contributed by atoms with van der Waals surface area (Å²) < 4.78 is 21.3. The smallest absolute Gasteiger partial charge is 0.255 e. The first kappa shape index (κ1) is 26.6. The molecule has 1 aromatic heterocycles. The Balaban J connectivity index is 1.35. The van der Waals surface area contributed by atoms with Gasteiger partial charge in [0.25, 0.3) is 5.91 Å². The Hall–Kier alpha value is -3.97. The van der Waals surface area contributed by atoms with Crippen molar-refractivity contribution in [3.8, 4) is 17.0 Å². The molecule has 2 heterocycles. The average Bonchev–Trinajstić information content (AvgIpc) is 3.09. The van der Waals surface area contributed by atoms with Crippen LogP contribution in [0.3, 0.4) is 0 Å². The Morgan fingerprint density at radius 1 is 1.18 bits per heavy atom. The minimum Gasteiger partial charge on any atom is -0.494 e. The van der Waals surface area contributed by atoms with Gasteiger partial charge in [-0.25, -0.2) is 9.37 Å². The first-order valence-corrected chi connectivity index (χ1v) is 13.4. The number of rotatable bonds is 6. The highest BCUT2D eigenvalue weighted by Crippen LogP contribution is 2.30. The number of hydrogen-bond acceptors (Lipinski definition) is 4. The zero-order chi connectivity index (χ0) is 27.4. The number of nitrogens with zero attached hydrogens (tertiary/aromatic N) is 4. The highest BCUT2D eigenvalue weighted by molar-refractivity contribution is 6.34. The largest absolute Gasteiger partial charge is 0.494 e.